The number of fused-ring (bicyclic) bond motifs is 1. The van der Waals surface area contributed by atoms with Gasteiger partial charge in [0.25, 0.3) is 0 Å². The lowest BCUT2D eigenvalue weighted by Gasteiger charge is -2.40. The second-order valence-corrected chi connectivity index (χ2v) is 11.1. The summed E-state index contributed by atoms with van der Waals surface area (Å²) in [4.78, 5) is 45.1. The van der Waals surface area contributed by atoms with E-state index in [2.05, 4.69) is 20.1 Å². The molecule has 1 spiro atoms. The van der Waals surface area contributed by atoms with Crippen LogP contribution in [0.3, 0.4) is 0 Å². The van der Waals surface area contributed by atoms with Crippen LogP contribution in [0.2, 0.25) is 0 Å². The molecule has 3 unspecified atom stereocenters. The summed E-state index contributed by atoms with van der Waals surface area (Å²) in [6, 6.07) is -1.51. The number of esters is 1. The van der Waals surface area contributed by atoms with Crippen molar-refractivity contribution >= 4 is 17.8 Å². The van der Waals surface area contributed by atoms with E-state index in [1.165, 1.54) is 6.08 Å². The van der Waals surface area contributed by atoms with Gasteiger partial charge in [-0.05, 0) is 31.6 Å². The molecule has 0 radical (unpaired) electrons. The van der Waals surface area contributed by atoms with E-state index < -0.39 is 41.1 Å². The van der Waals surface area contributed by atoms with Gasteiger partial charge in [0.05, 0.1) is 24.2 Å². The molecule has 2 amide bonds. The van der Waals surface area contributed by atoms with E-state index in [0.717, 1.165) is 19.3 Å². The zero-order chi connectivity index (χ0) is 26.8. The van der Waals surface area contributed by atoms with Crippen molar-refractivity contribution in [2.24, 2.45) is 23.7 Å². The fraction of sp³-hybridized carbons (Fsp3) is 0.750. The third kappa shape index (κ3) is 4.40. The molecular formula is C28H44N2O6. The molecule has 8 heteroatoms. The Bertz CT molecular complexity index is 874. The summed E-state index contributed by atoms with van der Waals surface area (Å²) in [6.45, 7) is 17.9. The molecule has 3 saturated heterocycles. The number of aliphatic hydroxyl groups excluding tert-OH is 1. The lowest BCUT2D eigenvalue weighted by Crippen LogP contribution is -2.59. The first-order valence-corrected chi connectivity index (χ1v) is 13.4. The first-order valence-electron chi connectivity index (χ1n) is 13.4. The third-order valence-corrected chi connectivity index (χ3v) is 8.59. The molecule has 8 nitrogen and oxygen atoms in total. The topological polar surface area (TPSA) is 96.4 Å². The maximum Gasteiger partial charge on any atom is 0.313 e. The van der Waals surface area contributed by atoms with Crippen molar-refractivity contribution in [2.45, 2.75) is 83.6 Å². The number of carbonyl (C=O) groups excluding carboxylic acids is 3. The van der Waals surface area contributed by atoms with Gasteiger partial charge in [-0.25, -0.2) is 0 Å². The SMILES string of the molecule is C=CCOC(=O)[C@H]1[C@H]2C(=O)N([C@@H](CO)C(C)C)C(C(=O)N(CC=C)CCCCC)C23CC(C)[C@]1(C)O3. The molecule has 7 atom stereocenters. The highest BCUT2D eigenvalue weighted by molar-refractivity contribution is 5.98. The van der Waals surface area contributed by atoms with Gasteiger partial charge in [0, 0.05) is 13.1 Å². The van der Waals surface area contributed by atoms with Gasteiger partial charge in [-0.3, -0.25) is 14.4 Å². The van der Waals surface area contributed by atoms with E-state index in [4.69, 9.17) is 9.47 Å². The molecule has 2 bridgehead atoms. The van der Waals surface area contributed by atoms with E-state index in [1.54, 1.807) is 15.9 Å². The Morgan fingerprint density at radius 3 is 2.56 bits per heavy atom. The van der Waals surface area contributed by atoms with Crippen LogP contribution in [0, 0.1) is 23.7 Å². The maximum absolute atomic E-state index is 14.3. The Kier molecular flexibility index (Phi) is 8.71. The summed E-state index contributed by atoms with van der Waals surface area (Å²) < 4.78 is 12.2. The van der Waals surface area contributed by atoms with Crippen LogP contribution in [0.15, 0.2) is 25.3 Å². The molecule has 202 valence electrons. The van der Waals surface area contributed by atoms with Crippen molar-refractivity contribution in [3.05, 3.63) is 25.3 Å². The highest BCUT2D eigenvalue weighted by Gasteiger charge is 2.80. The highest BCUT2D eigenvalue weighted by Crippen LogP contribution is 2.65. The summed E-state index contributed by atoms with van der Waals surface area (Å²) in [5, 5.41) is 10.3. The minimum atomic E-state index is -1.16. The van der Waals surface area contributed by atoms with Crippen LogP contribution in [-0.2, 0) is 23.9 Å². The van der Waals surface area contributed by atoms with Crippen molar-refractivity contribution in [1.29, 1.82) is 0 Å². The Morgan fingerprint density at radius 1 is 1.31 bits per heavy atom. The molecule has 3 rings (SSSR count). The quantitative estimate of drug-likeness (QED) is 0.235. The summed E-state index contributed by atoms with van der Waals surface area (Å²) in [5.74, 6) is -2.89. The van der Waals surface area contributed by atoms with Gasteiger partial charge in [-0.15, -0.1) is 6.58 Å². The Hall–Kier alpha value is -2.19. The number of ether oxygens (including phenoxy) is 2. The minimum Gasteiger partial charge on any atom is -0.461 e. The molecule has 36 heavy (non-hydrogen) atoms. The second kappa shape index (κ2) is 11.1. The molecule has 0 saturated carbocycles. The monoisotopic (exact) mass is 504 g/mol. The molecule has 0 aromatic heterocycles. The summed E-state index contributed by atoms with van der Waals surface area (Å²) in [7, 11) is 0. The minimum absolute atomic E-state index is 0.0373. The number of rotatable bonds is 13. The second-order valence-electron chi connectivity index (χ2n) is 11.1. The van der Waals surface area contributed by atoms with E-state index in [-0.39, 0.29) is 36.9 Å². The smallest absolute Gasteiger partial charge is 0.313 e. The lowest BCUT2D eigenvalue weighted by atomic mass is 9.62. The number of likely N-dealkylation sites (tertiary alicyclic amines) is 1. The van der Waals surface area contributed by atoms with Crippen molar-refractivity contribution in [3.63, 3.8) is 0 Å². The Labute approximate surface area is 215 Å². The van der Waals surface area contributed by atoms with Crippen molar-refractivity contribution in [2.75, 3.05) is 26.3 Å². The standard InChI is InChI=1S/C28H44N2O6/c1-8-11-12-14-29(13-9-2)25(33)23-28-16-19(6)27(7,36-28)22(26(34)35-15-10-3)21(28)24(32)30(23)20(17-31)18(4)5/h9-10,18-23,31H,2-3,8,11-17H2,1,4-7H3/t19?,20-,21-,22+,23?,27-,28?/m0/s1. The number of hydrogen-bond acceptors (Lipinski definition) is 6. The summed E-state index contributed by atoms with van der Waals surface area (Å²) in [5.41, 5.74) is -2.09. The number of carbonyl (C=O) groups is 3. The molecule has 3 aliphatic rings. The van der Waals surface area contributed by atoms with E-state index in [9.17, 15) is 19.5 Å². The zero-order valence-electron chi connectivity index (χ0n) is 22.6. The van der Waals surface area contributed by atoms with Gasteiger partial charge in [-0.1, -0.05) is 59.3 Å². The average molecular weight is 505 g/mol. The molecule has 0 aliphatic carbocycles. The van der Waals surface area contributed by atoms with Crippen LogP contribution < -0.4 is 0 Å². The van der Waals surface area contributed by atoms with Crippen molar-refractivity contribution < 1.29 is 29.0 Å². The molecular weight excluding hydrogens is 460 g/mol. The Morgan fingerprint density at radius 2 is 2.00 bits per heavy atom. The predicted octanol–water partition coefficient (Wildman–Crippen LogP) is 2.95. The zero-order valence-corrected chi connectivity index (χ0v) is 22.6. The molecule has 3 heterocycles. The number of nitrogens with zero attached hydrogens (tertiary/aromatic N) is 2. The third-order valence-electron chi connectivity index (χ3n) is 8.59. The molecule has 1 N–H and O–H groups in total. The van der Waals surface area contributed by atoms with E-state index >= 15 is 0 Å². The number of aliphatic hydroxyl groups is 1. The normalized spacial score (nSPS) is 33.5. The predicted molar refractivity (Wildman–Crippen MR) is 137 cm³/mol. The van der Waals surface area contributed by atoms with Gasteiger partial charge in [-0.2, -0.15) is 0 Å². The first kappa shape index (κ1) is 28.4. The summed E-state index contributed by atoms with van der Waals surface area (Å²) >= 11 is 0. The Balaban J connectivity index is 2.13. The van der Waals surface area contributed by atoms with E-state index in [1.807, 2.05) is 27.7 Å². The van der Waals surface area contributed by atoms with Crippen LogP contribution in [-0.4, -0.2) is 82.3 Å². The van der Waals surface area contributed by atoms with Crippen LogP contribution in [0.4, 0.5) is 0 Å². The molecule has 0 aromatic rings. The molecule has 3 aliphatic heterocycles. The van der Waals surface area contributed by atoms with Gasteiger partial charge >= 0.3 is 5.97 Å². The first-order chi connectivity index (χ1) is 17.0. The fourth-order valence-corrected chi connectivity index (χ4v) is 6.70. The maximum atomic E-state index is 14.3. The summed E-state index contributed by atoms with van der Waals surface area (Å²) in [6.07, 6.45) is 6.50. The number of unbranched alkanes of at least 4 members (excludes halogenated alkanes) is 2. The lowest BCUT2D eigenvalue weighted by molar-refractivity contribution is -0.163. The molecule has 3 fully saturated rings. The van der Waals surface area contributed by atoms with Gasteiger partial charge in [0.2, 0.25) is 11.8 Å². The van der Waals surface area contributed by atoms with E-state index in [0.29, 0.717) is 19.5 Å². The van der Waals surface area contributed by atoms with Crippen LogP contribution in [0.25, 0.3) is 0 Å². The van der Waals surface area contributed by atoms with Crippen molar-refractivity contribution in [3.8, 4) is 0 Å². The van der Waals surface area contributed by atoms with Gasteiger partial charge < -0.3 is 24.4 Å². The number of hydrogen-bond donors (Lipinski definition) is 1. The van der Waals surface area contributed by atoms with Crippen LogP contribution in [0.1, 0.15) is 60.3 Å². The van der Waals surface area contributed by atoms with Crippen LogP contribution in [0.5, 0.6) is 0 Å². The van der Waals surface area contributed by atoms with Crippen LogP contribution >= 0.6 is 0 Å². The average Bonchev–Trinajstić information content (AvgIpc) is 3.34. The highest BCUT2D eigenvalue weighted by atomic mass is 16.6. The fourth-order valence-electron chi connectivity index (χ4n) is 6.70. The largest absolute Gasteiger partial charge is 0.461 e. The van der Waals surface area contributed by atoms with Gasteiger partial charge in [0.1, 0.15) is 24.2 Å². The number of amides is 2. The van der Waals surface area contributed by atoms with Crippen molar-refractivity contribution in [1.82, 2.24) is 9.80 Å². The molecule has 0 aromatic carbocycles. The van der Waals surface area contributed by atoms with Gasteiger partial charge in [0.15, 0.2) is 0 Å².